The van der Waals surface area contributed by atoms with E-state index in [0.29, 0.717) is 6.04 Å². The lowest BCUT2D eigenvalue weighted by Crippen LogP contribution is -2.39. The van der Waals surface area contributed by atoms with Gasteiger partial charge in [0.1, 0.15) is 0 Å². The predicted molar refractivity (Wildman–Crippen MR) is 80.9 cm³/mol. The van der Waals surface area contributed by atoms with Crippen molar-refractivity contribution in [1.82, 2.24) is 5.32 Å². The van der Waals surface area contributed by atoms with Crippen LogP contribution in [0.3, 0.4) is 0 Å². The molecule has 1 saturated heterocycles. The van der Waals surface area contributed by atoms with Crippen LogP contribution in [0.4, 0.5) is 0 Å². The molecule has 0 amide bonds. The van der Waals surface area contributed by atoms with Gasteiger partial charge in [-0.15, -0.1) is 0 Å². The molecule has 2 fully saturated rings. The highest BCUT2D eigenvalue weighted by atomic mass is 16.5. The predicted octanol–water partition coefficient (Wildman–Crippen LogP) is 2.98. The molecule has 1 heterocycles. The van der Waals surface area contributed by atoms with Gasteiger partial charge < -0.3 is 10.1 Å². The zero-order valence-electron chi connectivity index (χ0n) is 12.3. The third kappa shape index (κ3) is 2.01. The number of hydrogen-bond donors (Lipinski definition) is 1. The van der Waals surface area contributed by atoms with E-state index in [9.17, 15) is 0 Å². The lowest BCUT2D eigenvalue weighted by Gasteiger charge is -2.30. The maximum absolute atomic E-state index is 5.54. The Morgan fingerprint density at radius 2 is 1.95 bits per heavy atom. The normalized spacial score (nSPS) is 34.1. The Bertz CT molecular complexity index is 480. The first kappa shape index (κ1) is 12.8. The minimum absolute atomic E-state index is 0.694. The molecule has 2 heteroatoms. The zero-order valence-corrected chi connectivity index (χ0v) is 12.3. The monoisotopic (exact) mass is 271 g/mol. The van der Waals surface area contributed by atoms with Crippen LogP contribution in [0.2, 0.25) is 0 Å². The summed E-state index contributed by atoms with van der Waals surface area (Å²) in [6, 6.07) is 9.83. The smallest absolute Gasteiger partial charge is 0.0469 e. The highest BCUT2D eigenvalue weighted by molar-refractivity contribution is 5.40. The van der Waals surface area contributed by atoms with E-state index >= 15 is 0 Å². The van der Waals surface area contributed by atoms with E-state index in [1.165, 1.54) is 25.7 Å². The maximum atomic E-state index is 5.54. The van der Waals surface area contributed by atoms with Gasteiger partial charge in [0.05, 0.1) is 0 Å². The van der Waals surface area contributed by atoms with Gasteiger partial charge in [0, 0.05) is 19.3 Å². The summed E-state index contributed by atoms with van der Waals surface area (Å²) in [5, 5.41) is 3.67. The average Bonchev–Trinajstić information content (AvgIpc) is 3.24. The van der Waals surface area contributed by atoms with Crippen molar-refractivity contribution < 1.29 is 4.74 Å². The number of fused-ring (bicyclic) bond motifs is 3. The molecule has 4 rings (SSSR count). The molecular weight excluding hydrogens is 246 g/mol. The Morgan fingerprint density at radius 3 is 2.75 bits per heavy atom. The van der Waals surface area contributed by atoms with Crippen molar-refractivity contribution in [3.63, 3.8) is 0 Å². The van der Waals surface area contributed by atoms with E-state index in [-0.39, 0.29) is 0 Å². The molecule has 108 valence electrons. The molecule has 1 aromatic carbocycles. The van der Waals surface area contributed by atoms with E-state index < -0.39 is 0 Å². The van der Waals surface area contributed by atoms with Crippen LogP contribution >= 0.6 is 0 Å². The third-order valence-corrected chi connectivity index (χ3v) is 5.91. The Labute approximate surface area is 121 Å². The quantitative estimate of drug-likeness (QED) is 0.912. The highest BCUT2D eigenvalue weighted by Crippen LogP contribution is 2.62. The van der Waals surface area contributed by atoms with Crippen LogP contribution in [0.5, 0.6) is 0 Å². The van der Waals surface area contributed by atoms with Crippen LogP contribution in [0.1, 0.15) is 36.3 Å². The Balaban J connectivity index is 1.55. The van der Waals surface area contributed by atoms with Crippen LogP contribution in [-0.2, 0) is 11.2 Å². The fraction of sp³-hybridized carbons (Fsp3) is 0.667. The molecular formula is C18H25NO. The van der Waals surface area contributed by atoms with Crippen LogP contribution in [0.15, 0.2) is 24.3 Å². The number of aryl methyl sites for hydroxylation is 1. The van der Waals surface area contributed by atoms with Gasteiger partial charge in [0.2, 0.25) is 0 Å². The van der Waals surface area contributed by atoms with Crippen molar-refractivity contribution in [2.24, 2.45) is 17.8 Å². The molecule has 1 N–H and O–H groups in total. The van der Waals surface area contributed by atoms with Crippen molar-refractivity contribution >= 4 is 0 Å². The van der Waals surface area contributed by atoms with Crippen molar-refractivity contribution in [1.29, 1.82) is 0 Å². The summed E-state index contributed by atoms with van der Waals surface area (Å²) in [7, 11) is 2.16. The van der Waals surface area contributed by atoms with E-state index in [4.69, 9.17) is 4.74 Å². The van der Waals surface area contributed by atoms with Crippen LogP contribution in [0.25, 0.3) is 0 Å². The molecule has 2 aliphatic carbocycles. The van der Waals surface area contributed by atoms with Gasteiger partial charge in [0.15, 0.2) is 0 Å². The van der Waals surface area contributed by atoms with Crippen LogP contribution in [-0.4, -0.2) is 26.3 Å². The average molecular weight is 271 g/mol. The molecule has 1 aliphatic heterocycles. The Hall–Kier alpha value is -0.860. The highest BCUT2D eigenvalue weighted by Gasteiger charge is 2.57. The number of nitrogens with one attached hydrogen (secondary N) is 1. The standard InChI is InChI=1S/C18H25NO/c1-19-18(13-8-10-20-11-9-13)17-15-7-6-12-4-2-3-5-14(12)16(15)17/h2-5,13,15-19H,6-11H2,1H3. The fourth-order valence-electron chi connectivity index (χ4n) is 4.93. The van der Waals surface area contributed by atoms with Crippen molar-refractivity contribution in [2.45, 2.75) is 37.6 Å². The molecule has 20 heavy (non-hydrogen) atoms. The molecule has 1 aromatic rings. The summed E-state index contributed by atoms with van der Waals surface area (Å²) < 4.78 is 5.54. The maximum Gasteiger partial charge on any atom is 0.0469 e. The lowest BCUT2D eigenvalue weighted by molar-refractivity contribution is 0.0508. The summed E-state index contributed by atoms with van der Waals surface area (Å²) in [5.41, 5.74) is 3.26. The third-order valence-electron chi connectivity index (χ3n) is 5.91. The minimum Gasteiger partial charge on any atom is -0.381 e. The van der Waals surface area contributed by atoms with Crippen molar-refractivity contribution in [3.8, 4) is 0 Å². The van der Waals surface area contributed by atoms with Crippen LogP contribution in [0, 0.1) is 17.8 Å². The number of hydrogen-bond acceptors (Lipinski definition) is 2. The largest absolute Gasteiger partial charge is 0.381 e. The van der Waals surface area contributed by atoms with Crippen molar-refractivity contribution in [2.75, 3.05) is 20.3 Å². The number of rotatable bonds is 3. The summed E-state index contributed by atoms with van der Waals surface area (Å²) in [5.74, 6) is 3.45. The number of benzene rings is 1. The van der Waals surface area contributed by atoms with Gasteiger partial charge in [-0.05, 0) is 67.5 Å². The topological polar surface area (TPSA) is 21.3 Å². The second-order valence-electron chi connectivity index (χ2n) is 6.77. The first-order valence-electron chi connectivity index (χ1n) is 8.23. The summed E-state index contributed by atoms with van der Waals surface area (Å²) >= 11 is 0. The Morgan fingerprint density at radius 1 is 1.15 bits per heavy atom. The Kier molecular flexibility index (Phi) is 3.31. The molecule has 3 aliphatic rings. The lowest BCUT2D eigenvalue weighted by atomic mass is 9.87. The summed E-state index contributed by atoms with van der Waals surface area (Å²) in [6.07, 6.45) is 5.16. The second kappa shape index (κ2) is 5.16. The molecule has 0 spiro atoms. The second-order valence-corrected chi connectivity index (χ2v) is 6.77. The molecule has 0 radical (unpaired) electrons. The zero-order chi connectivity index (χ0) is 13.5. The van der Waals surface area contributed by atoms with Crippen LogP contribution < -0.4 is 5.32 Å². The van der Waals surface area contributed by atoms with Crippen molar-refractivity contribution in [3.05, 3.63) is 35.4 Å². The van der Waals surface area contributed by atoms with Gasteiger partial charge >= 0.3 is 0 Å². The van der Waals surface area contributed by atoms with E-state index in [2.05, 4.69) is 36.6 Å². The van der Waals surface area contributed by atoms with Gasteiger partial charge in [-0.1, -0.05) is 24.3 Å². The SMILES string of the molecule is CNC(C1CCOCC1)C1C2CCc3ccccc3C21. The van der Waals surface area contributed by atoms with Gasteiger partial charge in [0.25, 0.3) is 0 Å². The van der Waals surface area contributed by atoms with E-state index in [1.807, 2.05) is 0 Å². The molecule has 1 saturated carbocycles. The first-order valence-corrected chi connectivity index (χ1v) is 8.23. The molecule has 4 atom stereocenters. The first-order chi connectivity index (χ1) is 9.90. The molecule has 0 bridgehead atoms. The molecule has 2 nitrogen and oxygen atoms in total. The summed E-state index contributed by atoms with van der Waals surface area (Å²) in [4.78, 5) is 0. The van der Waals surface area contributed by atoms with Gasteiger partial charge in [-0.25, -0.2) is 0 Å². The molecule has 0 aromatic heterocycles. The van der Waals surface area contributed by atoms with Gasteiger partial charge in [-0.3, -0.25) is 0 Å². The fourth-order valence-corrected chi connectivity index (χ4v) is 4.93. The summed E-state index contributed by atoms with van der Waals surface area (Å²) in [6.45, 7) is 1.92. The van der Waals surface area contributed by atoms with E-state index in [0.717, 1.165) is 36.9 Å². The van der Waals surface area contributed by atoms with E-state index in [1.54, 1.807) is 11.1 Å². The van der Waals surface area contributed by atoms with Gasteiger partial charge in [-0.2, -0.15) is 0 Å². The molecule has 4 unspecified atom stereocenters. The number of ether oxygens (including phenoxy) is 1. The minimum atomic E-state index is 0.694.